The quantitative estimate of drug-likeness (QED) is 0.796. The molecule has 0 N–H and O–H groups in total. The highest BCUT2D eigenvalue weighted by Crippen LogP contribution is 2.37. The summed E-state index contributed by atoms with van der Waals surface area (Å²) < 4.78 is 12.4. The zero-order chi connectivity index (χ0) is 16.0. The predicted molar refractivity (Wildman–Crippen MR) is 90.1 cm³/mol. The summed E-state index contributed by atoms with van der Waals surface area (Å²) in [7, 11) is -0.372. The van der Waals surface area contributed by atoms with Gasteiger partial charge in [0.1, 0.15) is 0 Å². The molecule has 0 amide bonds. The van der Waals surface area contributed by atoms with Crippen LogP contribution in [0.5, 0.6) is 0 Å². The van der Waals surface area contributed by atoms with E-state index >= 15 is 0 Å². The van der Waals surface area contributed by atoms with Crippen molar-refractivity contribution in [3.63, 3.8) is 0 Å². The van der Waals surface area contributed by atoms with E-state index in [4.69, 9.17) is 9.31 Å². The monoisotopic (exact) mass is 295 g/mol. The molecule has 3 nitrogen and oxygen atoms in total. The van der Waals surface area contributed by atoms with Crippen LogP contribution in [0, 0.1) is 6.92 Å². The van der Waals surface area contributed by atoms with E-state index in [0.717, 1.165) is 16.7 Å². The Balaban J connectivity index is 2.04. The van der Waals surface area contributed by atoms with E-state index in [1.54, 1.807) is 0 Å². The van der Waals surface area contributed by atoms with E-state index in [9.17, 15) is 0 Å². The van der Waals surface area contributed by atoms with Crippen LogP contribution in [0.15, 0.2) is 42.6 Å². The predicted octanol–water partition coefficient (Wildman–Crippen LogP) is 3.36. The van der Waals surface area contributed by atoms with Gasteiger partial charge < -0.3 is 9.31 Å². The fraction of sp³-hybridized carbons (Fsp3) is 0.389. The van der Waals surface area contributed by atoms with Crippen LogP contribution in [0.3, 0.4) is 0 Å². The van der Waals surface area contributed by atoms with Crippen molar-refractivity contribution < 1.29 is 9.31 Å². The van der Waals surface area contributed by atoms with E-state index in [0.29, 0.717) is 0 Å². The summed E-state index contributed by atoms with van der Waals surface area (Å²) >= 11 is 0. The summed E-state index contributed by atoms with van der Waals surface area (Å²) in [5.41, 5.74) is 3.54. The van der Waals surface area contributed by atoms with Gasteiger partial charge in [0.2, 0.25) is 0 Å². The van der Waals surface area contributed by atoms with E-state index in [-0.39, 0.29) is 18.3 Å². The molecule has 1 aliphatic rings. The highest BCUT2D eigenvalue weighted by Gasteiger charge is 2.52. The highest BCUT2D eigenvalue weighted by atomic mass is 16.7. The molecule has 3 rings (SSSR count). The van der Waals surface area contributed by atoms with Crippen LogP contribution in [0.1, 0.15) is 33.3 Å². The van der Waals surface area contributed by atoms with Crippen molar-refractivity contribution in [1.29, 1.82) is 0 Å². The molecule has 1 fully saturated rings. The summed E-state index contributed by atoms with van der Waals surface area (Å²) in [6.07, 6.45) is 1.84. The molecule has 22 heavy (non-hydrogen) atoms. The minimum atomic E-state index is -0.372. The first kappa shape index (κ1) is 15.3. The van der Waals surface area contributed by atoms with Crippen molar-refractivity contribution in [2.24, 2.45) is 0 Å². The van der Waals surface area contributed by atoms with Gasteiger partial charge in [-0.15, -0.1) is 0 Å². The van der Waals surface area contributed by atoms with Gasteiger partial charge in [-0.1, -0.05) is 24.3 Å². The Morgan fingerprint density at radius 1 is 0.955 bits per heavy atom. The summed E-state index contributed by atoms with van der Waals surface area (Å²) in [5, 5.41) is 0. The Morgan fingerprint density at radius 2 is 1.59 bits per heavy atom. The average molecular weight is 295 g/mol. The Morgan fingerprint density at radius 3 is 2.23 bits per heavy atom. The molecule has 0 atom stereocenters. The van der Waals surface area contributed by atoms with E-state index in [1.807, 2.05) is 24.4 Å². The van der Waals surface area contributed by atoms with Gasteiger partial charge in [-0.05, 0) is 63.3 Å². The smallest absolute Gasteiger partial charge is 0.399 e. The number of pyridine rings is 1. The van der Waals surface area contributed by atoms with E-state index in [1.165, 1.54) is 5.56 Å². The largest absolute Gasteiger partial charge is 0.495 e. The zero-order valence-electron chi connectivity index (χ0n) is 13.9. The number of hydrogen-bond acceptors (Lipinski definition) is 3. The molecule has 1 aromatic heterocycles. The van der Waals surface area contributed by atoms with Crippen molar-refractivity contribution in [3.8, 4) is 11.3 Å². The van der Waals surface area contributed by atoms with Gasteiger partial charge in [0.15, 0.2) is 0 Å². The molecule has 0 bridgehead atoms. The first-order valence-electron chi connectivity index (χ1n) is 7.68. The Bertz CT molecular complexity index is 681. The molecule has 4 heteroatoms. The number of nitrogens with zero attached hydrogens (tertiary/aromatic N) is 1. The van der Waals surface area contributed by atoms with Gasteiger partial charge in [-0.3, -0.25) is 4.98 Å². The van der Waals surface area contributed by atoms with Gasteiger partial charge in [0, 0.05) is 6.20 Å². The van der Waals surface area contributed by atoms with Crippen molar-refractivity contribution in [2.75, 3.05) is 0 Å². The first-order chi connectivity index (χ1) is 10.3. The second-order valence-corrected chi connectivity index (χ2v) is 6.89. The van der Waals surface area contributed by atoms with Gasteiger partial charge in [0.05, 0.1) is 16.9 Å². The van der Waals surface area contributed by atoms with E-state index < -0.39 is 0 Å². The maximum atomic E-state index is 6.19. The van der Waals surface area contributed by atoms with Gasteiger partial charge in [-0.25, -0.2) is 0 Å². The maximum absolute atomic E-state index is 6.19. The molecule has 2 heterocycles. The average Bonchev–Trinajstić information content (AvgIpc) is 2.67. The SMILES string of the molecule is Cc1ccnc(-c2ccccc2B2OC(C)(C)C(C)(C)O2)c1. The molecule has 0 saturated carbocycles. The summed E-state index contributed by atoms with van der Waals surface area (Å²) in [6.45, 7) is 10.4. The van der Waals surface area contributed by atoms with Gasteiger partial charge in [-0.2, -0.15) is 0 Å². The third-order valence-corrected chi connectivity index (χ3v) is 4.66. The lowest BCUT2D eigenvalue weighted by Gasteiger charge is -2.32. The molecule has 1 saturated heterocycles. The van der Waals surface area contributed by atoms with E-state index in [2.05, 4.69) is 57.8 Å². The van der Waals surface area contributed by atoms with Crippen LogP contribution in [-0.2, 0) is 9.31 Å². The molecule has 0 radical (unpaired) electrons. The number of rotatable bonds is 2. The minimum absolute atomic E-state index is 0.342. The second-order valence-electron chi connectivity index (χ2n) is 6.89. The summed E-state index contributed by atoms with van der Waals surface area (Å²) in [5.74, 6) is 0. The Labute approximate surface area is 132 Å². The highest BCUT2D eigenvalue weighted by molar-refractivity contribution is 6.63. The number of aryl methyl sites for hydroxylation is 1. The van der Waals surface area contributed by atoms with Gasteiger partial charge in [0.25, 0.3) is 0 Å². The minimum Gasteiger partial charge on any atom is -0.399 e. The lowest BCUT2D eigenvalue weighted by molar-refractivity contribution is 0.00578. The van der Waals surface area contributed by atoms with Crippen LogP contribution < -0.4 is 5.46 Å². The molecule has 0 unspecified atom stereocenters. The fourth-order valence-corrected chi connectivity index (χ4v) is 2.59. The van der Waals surface area contributed by atoms with Crippen LogP contribution >= 0.6 is 0 Å². The fourth-order valence-electron chi connectivity index (χ4n) is 2.59. The van der Waals surface area contributed by atoms with Crippen LogP contribution in [0.4, 0.5) is 0 Å². The van der Waals surface area contributed by atoms with Crippen LogP contribution in [0.25, 0.3) is 11.3 Å². The molecule has 0 aliphatic carbocycles. The van der Waals surface area contributed by atoms with Crippen molar-refractivity contribution in [3.05, 3.63) is 48.2 Å². The summed E-state index contributed by atoms with van der Waals surface area (Å²) in [6, 6.07) is 12.3. The molecule has 1 aliphatic heterocycles. The molecule has 1 aromatic carbocycles. The van der Waals surface area contributed by atoms with Crippen molar-refractivity contribution in [2.45, 2.75) is 45.8 Å². The Kier molecular flexibility index (Phi) is 3.62. The van der Waals surface area contributed by atoms with Gasteiger partial charge >= 0.3 is 7.12 Å². The normalized spacial score (nSPS) is 19.4. The number of benzene rings is 1. The number of hydrogen-bond donors (Lipinski definition) is 0. The third kappa shape index (κ3) is 2.57. The molecule has 2 aromatic rings. The topological polar surface area (TPSA) is 31.4 Å². The second kappa shape index (κ2) is 5.22. The third-order valence-electron chi connectivity index (χ3n) is 4.66. The van der Waals surface area contributed by atoms with Crippen molar-refractivity contribution in [1.82, 2.24) is 4.98 Å². The molecular formula is C18H22BNO2. The molecular weight excluding hydrogens is 273 g/mol. The molecule has 114 valence electrons. The lowest BCUT2D eigenvalue weighted by Crippen LogP contribution is -2.41. The Hall–Kier alpha value is -1.65. The standard InChI is InChI=1S/C18H22BNO2/c1-13-10-11-20-16(12-13)14-8-6-7-9-15(14)19-21-17(2,3)18(4,5)22-19/h6-12H,1-5H3. The summed E-state index contributed by atoms with van der Waals surface area (Å²) in [4.78, 5) is 4.50. The lowest BCUT2D eigenvalue weighted by atomic mass is 9.75. The zero-order valence-corrected chi connectivity index (χ0v) is 13.9. The van der Waals surface area contributed by atoms with Crippen LogP contribution in [0.2, 0.25) is 0 Å². The maximum Gasteiger partial charge on any atom is 0.495 e. The number of aromatic nitrogens is 1. The molecule has 0 spiro atoms. The van der Waals surface area contributed by atoms with Crippen LogP contribution in [-0.4, -0.2) is 23.3 Å². The van der Waals surface area contributed by atoms with Crippen molar-refractivity contribution >= 4 is 12.6 Å². The first-order valence-corrected chi connectivity index (χ1v) is 7.68.